The third-order valence-electron chi connectivity index (χ3n) is 3.79. The Morgan fingerprint density at radius 3 is 2.76 bits per heavy atom. The van der Waals surface area contributed by atoms with Crippen LogP contribution in [0.2, 0.25) is 0 Å². The average Bonchev–Trinajstić information content (AvgIpc) is 2.80. The average molecular weight is 301 g/mol. The molecule has 1 amide bonds. The van der Waals surface area contributed by atoms with Crippen LogP contribution in [-0.4, -0.2) is 37.0 Å². The van der Waals surface area contributed by atoms with Crippen molar-refractivity contribution in [3.63, 3.8) is 0 Å². The second-order valence-corrected chi connectivity index (χ2v) is 5.29. The predicted molar refractivity (Wildman–Crippen MR) is 73.8 cm³/mol. The number of rotatable bonds is 3. The number of anilines is 1. The highest BCUT2D eigenvalue weighted by Crippen LogP contribution is 2.34. The van der Waals surface area contributed by atoms with Gasteiger partial charge in [-0.1, -0.05) is 0 Å². The number of likely N-dealkylation sites (tertiary alicyclic amines) is 1. The molecule has 7 heteroatoms. The molecule has 3 N–H and O–H groups in total. The number of halogens is 3. The lowest BCUT2D eigenvalue weighted by Crippen LogP contribution is -2.38. The zero-order valence-corrected chi connectivity index (χ0v) is 11.7. The van der Waals surface area contributed by atoms with Crippen LogP contribution in [0, 0.1) is 0 Å². The Balaban J connectivity index is 2.06. The second-order valence-electron chi connectivity index (χ2n) is 5.29. The molecule has 0 radical (unpaired) electrons. The monoisotopic (exact) mass is 301 g/mol. The lowest BCUT2D eigenvalue weighted by atomic mass is 10.1. The molecule has 0 aromatic heterocycles. The maximum absolute atomic E-state index is 12.8. The van der Waals surface area contributed by atoms with E-state index in [0.29, 0.717) is 6.54 Å². The summed E-state index contributed by atoms with van der Waals surface area (Å²) < 4.78 is 38.3. The lowest BCUT2D eigenvalue weighted by Gasteiger charge is -2.20. The fourth-order valence-corrected chi connectivity index (χ4v) is 2.49. The van der Waals surface area contributed by atoms with Gasteiger partial charge in [0.1, 0.15) is 0 Å². The molecule has 1 atom stereocenters. The summed E-state index contributed by atoms with van der Waals surface area (Å²) in [5, 5.41) is 2.68. The van der Waals surface area contributed by atoms with Crippen LogP contribution in [0.3, 0.4) is 0 Å². The molecule has 1 heterocycles. The molecule has 1 aliphatic rings. The zero-order valence-electron chi connectivity index (χ0n) is 11.7. The number of likely N-dealkylation sites (N-methyl/N-ethyl adjacent to an activating group) is 1. The largest absolute Gasteiger partial charge is 0.418 e. The molecule has 1 unspecified atom stereocenters. The number of hydrogen-bond donors (Lipinski definition) is 2. The molecular formula is C14H18F3N3O. The number of alkyl halides is 3. The predicted octanol–water partition coefficient (Wildman–Crippen LogP) is 2.11. The Bertz CT molecular complexity index is 531. The van der Waals surface area contributed by atoms with E-state index in [4.69, 9.17) is 5.73 Å². The van der Waals surface area contributed by atoms with Gasteiger partial charge in [-0.05, 0) is 44.6 Å². The highest BCUT2D eigenvalue weighted by Gasteiger charge is 2.33. The van der Waals surface area contributed by atoms with Crippen LogP contribution < -0.4 is 11.1 Å². The van der Waals surface area contributed by atoms with Crippen molar-refractivity contribution in [2.75, 3.05) is 25.9 Å². The van der Waals surface area contributed by atoms with Gasteiger partial charge in [0.25, 0.3) is 5.91 Å². The normalized spacial score (nSPS) is 19.7. The first-order chi connectivity index (χ1) is 9.79. The standard InChI is InChI=1S/C14H18F3N3O/c1-20-6-2-3-10(20)8-19-13(21)9-4-5-12(18)11(7-9)14(15,16)17/h4-5,7,10H,2-3,6,8,18H2,1H3,(H,19,21). The Morgan fingerprint density at radius 2 is 2.19 bits per heavy atom. The van der Waals surface area contributed by atoms with Gasteiger partial charge in [0, 0.05) is 23.8 Å². The Hall–Kier alpha value is -1.76. The second kappa shape index (κ2) is 5.93. The molecule has 0 saturated carbocycles. The fourth-order valence-electron chi connectivity index (χ4n) is 2.49. The first-order valence-corrected chi connectivity index (χ1v) is 6.74. The van der Waals surface area contributed by atoms with Gasteiger partial charge in [-0.2, -0.15) is 13.2 Å². The quantitative estimate of drug-likeness (QED) is 0.841. The van der Waals surface area contributed by atoms with Crippen LogP contribution in [0.4, 0.5) is 18.9 Å². The molecule has 0 bridgehead atoms. The van der Waals surface area contributed by atoms with E-state index in [-0.39, 0.29) is 17.3 Å². The number of hydrogen-bond acceptors (Lipinski definition) is 3. The SMILES string of the molecule is CN1CCCC1CNC(=O)c1ccc(N)c(C(F)(F)F)c1. The summed E-state index contributed by atoms with van der Waals surface area (Å²) in [5.74, 6) is -0.513. The summed E-state index contributed by atoms with van der Waals surface area (Å²) in [7, 11) is 1.97. The molecule has 21 heavy (non-hydrogen) atoms. The third kappa shape index (κ3) is 3.66. The Kier molecular flexibility index (Phi) is 4.41. The van der Waals surface area contributed by atoms with Crippen molar-refractivity contribution in [1.29, 1.82) is 0 Å². The summed E-state index contributed by atoms with van der Waals surface area (Å²) >= 11 is 0. The first-order valence-electron chi connectivity index (χ1n) is 6.74. The zero-order chi connectivity index (χ0) is 15.6. The summed E-state index contributed by atoms with van der Waals surface area (Å²) in [4.78, 5) is 14.1. The topological polar surface area (TPSA) is 58.4 Å². The van der Waals surface area contributed by atoms with Crippen LogP contribution in [0.1, 0.15) is 28.8 Å². The number of benzene rings is 1. The molecule has 116 valence electrons. The molecule has 1 aromatic rings. The number of amides is 1. The third-order valence-corrected chi connectivity index (χ3v) is 3.79. The van der Waals surface area contributed by atoms with Gasteiger partial charge in [0.05, 0.1) is 5.56 Å². The van der Waals surface area contributed by atoms with Gasteiger partial charge in [-0.3, -0.25) is 4.79 Å². The number of carbonyl (C=O) groups excluding carboxylic acids is 1. The van der Waals surface area contributed by atoms with Crippen LogP contribution in [0.5, 0.6) is 0 Å². The summed E-state index contributed by atoms with van der Waals surface area (Å²) in [6, 6.07) is 3.45. The molecule has 0 aliphatic carbocycles. The minimum Gasteiger partial charge on any atom is -0.398 e. The smallest absolute Gasteiger partial charge is 0.398 e. The number of nitrogens with one attached hydrogen (secondary N) is 1. The van der Waals surface area contributed by atoms with Gasteiger partial charge in [-0.25, -0.2) is 0 Å². The molecule has 4 nitrogen and oxygen atoms in total. The minimum atomic E-state index is -4.56. The van der Waals surface area contributed by atoms with E-state index in [0.717, 1.165) is 31.5 Å². The Labute approximate surface area is 121 Å². The molecule has 1 fully saturated rings. The summed E-state index contributed by atoms with van der Waals surface area (Å²) in [6.45, 7) is 1.40. The summed E-state index contributed by atoms with van der Waals surface area (Å²) in [6.07, 6.45) is -2.52. The van der Waals surface area contributed by atoms with Crippen molar-refractivity contribution in [2.45, 2.75) is 25.1 Å². The van der Waals surface area contributed by atoms with E-state index in [1.165, 1.54) is 6.07 Å². The molecular weight excluding hydrogens is 283 g/mol. The van der Waals surface area contributed by atoms with Crippen molar-refractivity contribution in [3.8, 4) is 0 Å². The van der Waals surface area contributed by atoms with Gasteiger partial charge in [0.2, 0.25) is 0 Å². The van der Waals surface area contributed by atoms with E-state index >= 15 is 0 Å². The number of nitrogen functional groups attached to an aromatic ring is 1. The number of carbonyl (C=O) groups is 1. The summed E-state index contributed by atoms with van der Waals surface area (Å²) in [5.41, 5.74) is 3.92. The maximum atomic E-state index is 12.8. The first kappa shape index (κ1) is 15.6. The van der Waals surface area contributed by atoms with Crippen molar-refractivity contribution in [2.24, 2.45) is 0 Å². The van der Waals surface area contributed by atoms with Crippen LogP contribution >= 0.6 is 0 Å². The highest BCUT2D eigenvalue weighted by molar-refractivity contribution is 5.94. The minimum absolute atomic E-state index is 0.0304. The van der Waals surface area contributed by atoms with E-state index in [2.05, 4.69) is 10.2 Å². The molecule has 2 rings (SSSR count). The van der Waals surface area contributed by atoms with Crippen LogP contribution in [-0.2, 0) is 6.18 Å². The van der Waals surface area contributed by atoms with Crippen molar-refractivity contribution >= 4 is 11.6 Å². The van der Waals surface area contributed by atoms with Gasteiger partial charge in [0.15, 0.2) is 0 Å². The van der Waals surface area contributed by atoms with Crippen molar-refractivity contribution < 1.29 is 18.0 Å². The van der Waals surface area contributed by atoms with Crippen LogP contribution in [0.25, 0.3) is 0 Å². The fraction of sp³-hybridized carbons (Fsp3) is 0.500. The van der Waals surface area contributed by atoms with E-state index in [1.54, 1.807) is 0 Å². The van der Waals surface area contributed by atoms with Crippen molar-refractivity contribution in [3.05, 3.63) is 29.3 Å². The lowest BCUT2D eigenvalue weighted by molar-refractivity contribution is -0.136. The molecule has 0 spiro atoms. The number of nitrogens with two attached hydrogens (primary N) is 1. The van der Waals surface area contributed by atoms with Crippen LogP contribution in [0.15, 0.2) is 18.2 Å². The molecule has 1 saturated heterocycles. The van der Waals surface area contributed by atoms with E-state index in [9.17, 15) is 18.0 Å². The van der Waals surface area contributed by atoms with Gasteiger partial charge < -0.3 is 16.0 Å². The maximum Gasteiger partial charge on any atom is 0.418 e. The van der Waals surface area contributed by atoms with Gasteiger partial charge in [-0.15, -0.1) is 0 Å². The van der Waals surface area contributed by atoms with E-state index in [1.807, 2.05) is 7.05 Å². The molecule has 1 aliphatic heterocycles. The van der Waals surface area contributed by atoms with Crippen molar-refractivity contribution in [1.82, 2.24) is 10.2 Å². The van der Waals surface area contributed by atoms with E-state index < -0.39 is 17.6 Å². The molecule has 1 aromatic carbocycles. The highest BCUT2D eigenvalue weighted by atomic mass is 19.4. The van der Waals surface area contributed by atoms with Gasteiger partial charge >= 0.3 is 6.18 Å². The number of nitrogens with zero attached hydrogens (tertiary/aromatic N) is 1. The Morgan fingerprint density at radius 1 is 1.48 bits per heavy atom.